The second-order valence-corrected chi connectivity index (χ2v) is 11.8. The summed E-state index contributed by atoms with van der Waals surface area (Å²) in [6.07, 6.45) is 7.97. The van der Waals surface area contributed by atoms with E-state index in [-0.39, 0.29) is 18.8 Å². The Bertz CT molecular complexity index is 1450. The number of nitrogens with two attached hydrogens (primary N) is 1. The van der Waals surface area contributed by atoms with Gasteiger partial charge in [-0.1, -0.05) is 42.5 Å². The van der Waals surface area contributed by atoms with E-state index in [0.717, 1.165) is 21.7 Å². The van der Waals surface area contributed by atoms with Crippen molar-refractivity contribution in [3.8, 4) is 11.1 Å². The molecule has 3 N–H and O–H groups in total. The molecule has 2 amide bonds. The topological polar surface area (TPSA) is 129 Å². The van der Waals surface area contributed by atoms with Gasteiger partial charge in [-0.2, -0.15) is 0 Å². The maximum absolute atomic E-state index is 13.6. The van der Waals surface area contributed by atoms with Crippen molar-refractivity contribution in [2.45, 2.75) is 64.1 Å². The number of amides is 2. The molecule has 0 saturated carbocycles. The SMILES string of the molecule is CC(C)(C)OC(=O)[C@H](CCC(N)=O)NC(=O)c1ccc(CC(Cn2ccnc2)c2nccs2)cc1-c1ccccc1. The van der Waals surface area contributed by atoms with Crippen molar-refractivity contribution in [2.75, 3.05) is 0 Å². The van der Waals surface area contributed by atoms with E-state index in [4.69, 9.17) is 10.5 Å². The quantitative estimate of drug-likeness (QED) is 0.236. The highest BCUT2D eigenvalue weighted by molar-refractivity contribution is 7.09. The average molecular weight is 574 g/mol. The summed E-state index contributed by atoms with van der Waals surface area (Å²) in [7, 11) is 0. The Hall–Kier alpha value is -4.31. The standard InChI is InChI=1S/C31H35N5O4S/c1-31(2,3)40-30(39)26(11-12-27(32)37)35-28(38)24-10-9-21(18-25(24)22-7-5-4-6-8-22)17-23(29-34-14-16-41-29)19-36-15-13-33-20-36/h4-10,13-16,18,20,23,26H,11-12,17,19H2,1-3H3,(H2,32,37)(H,35,38)/t23?,26-/m0/s1. The zero-order valence-electron chi connectivity index (χ0n) is 23.4. The summed E-state index contributed by atoms with van der Waals surface area (Å²) >= 11 is 1.61. The molecule has 41 heavy (non-hydrogen) atoms. The number of carbonyl (C=O) groups excluding carboxylic acids is 3. The van der Waals surface area contributed by atoms with Gasteiger partial charge in [-0.05, 0) is 56.4 Å². The predicted octanol–water partition coefficient (Wildman–Crippen LogP) is 4.74. The van der Waals surface area contributed by atoms with Crippen LogP contribution in [0.2, 0.25) is 0 Å². The smallest absolute Gasteiger partial charge is 0.329 e. The second kappa shape index (κ2) is 13.4. The lowest BCUT2D eigenvalue weighted by Crippen LogP contribution is -2.44. The van der Waals surface area contributed by atoms with Crippen LogP contribution in [0, 0.1) is 0 Å². The highest BCUT2D eigenvalue weighted by Gasteiger charge is 2.28. The summed E-state index contributed by atoms with van der Waals surface area (Å²) in [5.41, 5.74) is 7.63. The summed E-state index contributed by atoms with van der Waals surface area (Å²) < 4.78 is 7.54. The fourth-order valence-corrected chi connectivity index (χ4v) is 5.25. The molecule has 0 aliphatic heterocycles. The van der Waals surface area contributed by atoms with E-state index >= 15 is 0 Å². The summed E-state index contributed by atoms with van der Waals surface area (Å²) in [6, 6.07) is 14.3. The molecule has 0 saturated heterocycles. The number of imidazole rings is 1. The van der Waals surface area contributed by atoms with Crippen molar-refractivity contribution in [1.29, 1.82) is 0 Å². The molecule has 0 fully saturated rings. The molecule has 2 atom stereocenters. The van der Waals surface area contributed by atoms with Crippen molar-refractivity contribution in [1.82, 2.24) is 19.9 Å². The zero-order valence-corrected chi connectivity index (χ0v) is 24.3. The predicted molar refractivity (Wildman–Crippen MR) is 158 cm³/mol. The number of rotatable bonds is 12. The number of primary amides is 1. The average Bonchev–Trinajstić information content (AvgIpc) is 3.65. The van der Waals surface area contributed by atoms with Crippen molar-refractivity contribution >= 4 is 29.1 Å². The molecule has 4 aromatic rings. The Morgan fingerprint density at radius 3 is 2.51 bits per heavy atom. The second-order valence-electron chi connectivity index (χ2n) is 10.8. The number of thiazole rings is 1. The zero-order chi connectivity index (χ0) is 29.4. The van der Waals surface area contributed by atoms with Crippen LogP contribution in [0.4, 0.5) is 0 Å². The van der Waals surface area contributed by atoms with Crippen LogP contribution < -0.4 is 11.1 Å². The molecule has 10 heteroatoms. The van der Waals surface area contributed by atoms with Gasteiger partial charge in [-0.15, -0.1) is 11.3 Å². The minimum atomic E-state index is -1.03. The number of carbonyl (C=O) groups is 3. The minimum absolute atomic E-state index is 0.0402. The van der Waals surface area contributed by atoms with E-state index in [9.17, 15) is 14.4 Å². The first-order valence-corrected chi connectivity index (χ1v) is 14.3. The molecule has 9 nitrogen and oxygen atoms in total. The van der Waals surface area contributed by atoms with Crippen molar-refractivity contribution < 1.29 is 19.1 Å². The molecule has 2 aromatic carbocycles. The Balaban J connectivity index is 1.64. The van der Waals surface area contributed by atoms with Crippen LogP contribution in [0.1, 0.15) is 60.5 Å². The van der Waals surface area contributed by atoms with Crippen LogP contribution >= 0.6 is 11.3 Å². The minimum Gasteiger partial charge on any atom is -0.458 e. The fraction of sp³-hybridized carbons (Fsp3) is 0.323. The number of hydrogen-bond donors (Lipinski definition) is 2. The van der Waals surface area contributed by atoms with E-state index in [1.54, 1.807) is 50.7 Å². The van der Waals surface area contributed by atoms with Crippen LogP contribution in [0.15, 0.2) is 78.8 Å². The maximum Gasteiger partial charge on any atom is 0.329 e. The number of nitrogens with one attached hydrogen (secondary N) is 1. The molecular weight excluding hydrogens is 538 g/mol. The van der Waals surface area contributed by atoms with Gasteiger partial charge in [0.15, 0.2) is 0 Å². The number of hydrogen-bond acceptors (Lipinski definition) is 7. The van der Waals surface area contributed by atoms with Crippen molar-refractivity contribution in [3.63, 3.8) is 0 Å². The largest absolute Gasteiger partial charge is 0.458 e. The van der Waals surface area contributed by atoms with E-state index in [0.29, 0.717) is 18.5 Å². The van der Waals surface area contributed by atoms with Crippen LogP contribution in [0.3, 0.4) is 0 Å². The number of benzene rings is 2. The number of ether oxygens (including phenoxy) is 1. The van der Waals surface area contributed by atoms with Crippen LogP contribution in [0.25, 0.3) is 11.1 Å². The third-order valence-electron chi connectivity index (χ3n) is 6.36. The van der Waals surface area contributed by atoms with Gasteiger partial charge in [0, 0.05) is 48.4 Å². The summed E-state index contributed by atoms with van der Waals surface area (Å²) in [4.78, 5) is 46.8. The van der Waals surface area contributed by atoms with Crippen LogP contribution in [-0.4, -0.2) is 44.0 Å². The molecule has 0 radical (unpaired) electrons. The molecule has 0 aliphatic rings. The van der Waals surface area contributed by atoms with Crippen molar-refractivity contribution in [3.05, 3.63) is 95.0 Å². The van der Waals surface area contributed by atoms with E-state index in [1.807, 2.05) is 64.8 Å². The number of esters is 1. The summed E-state index contributed by atoms with van der Waals surface area (Å²) in [5.74, 6) is -1.51. The van der Waals surface area contributed by atoms with Gasteiger partial charge >= 0.3 is 5.97 Å². The van der Waals surface area contributed by atoms with Crippen LogP contribution in [-0.2, 0) is 27.3 Å². The van der Waals surface area contributed by atoms with Gasteiger partial charge < -0.3 is 20.4 Å². The maximum atomic E-state index is 13.6. The third kappa shape index (κ3) is 8.59. The first-order chi connectivity index (χ1) is 19.6. The Labute approximate surface area is 243 Å². The summed E-state index contributed by atoms with van der Waals surface area (Å²) in [6.45, 7) is 5.95. The highest BCUT2D eigenvalue weighted by Crippen LogP contribution is 2.30. The van der Waals surface area contributed by atoms with E-state index in [1.165, 1.54) is 0 Å². The monoisotopic (exact) mass is 573 g/mol. The van der Waals surface area contributed by atoms with Gasteiger partial charge in [-0.25, -0.2) is 14.8 Å². The molecule has 0 aliphatic carbocycles. The number of nitrogens with zero attached hydrogens (tertiary/aromatic N) is 3. The highest BCUT2D eigenvalue weighted by atomic mass is 32.1. The molecule has 1 unspecified atom stereocenters. The molecule has 2 aromatic heterocycles. The third-order valence-corrected chi connectivity index (χ3v) is 7.30. The Morgan fingerprint density at radius 1 is 1.10 bits per heavy atom. The van der Waals surface area contributed by atoms with Gasteiger partial charge in [0.1, 0.15) is 11.6 Å². The Morgan fingerprint density at radius 2 is 1.88 bits per heavy atom. The van der Waals surface area contributed by atoms with Gasteiger partial charge in [-0.3, -0.25) is 9.59 Å². The van der Waals surface area contributed by atoms with E-state index in [2.05, 4.69) is 15.3 Å². The normalized spacial score (nSPS) is 12.9. The first-order valence-electron chi connectivity index (χ1n) is 13.4. The molecule has 214 valence electrons. The van der Waals surface area contributed by atoms with E-state index < -0.39 is 29.4 Å². The van der Waals surface area contributed by atoms with Gasteiger partial charge in [0.25, 0.3) is 5.91 Å². The van der Waals surface area contributed by atoms with Gasteiger partial charge in [0.05, 0.1) is 11.3 Å². The van der Waals surface area contributed by atoms with Crippen LogP contribution in [0.5, 0.6) is 0 Å². The summed E-state index contributed by atoms with van der Waals surface area (Å²) in [5, 5.41) is 5.79. The first kappa shape index (κ1) is 29.7. The van der Waals surface area contributed by atoms with Crippen molar-refractivity contribution in [2.24, 2.45) is 5.73 Å². The Kier molecular flexibility index (Phi) is 9.67. The van der Waals surface area contributed by atoms with Gasteiger partial charge in [0.2, 0.25) is 5.91 Å². The lowest BCUT2D eigenvalue weighted by Gasteiger charge is -2.25. The molecule has 2 heterocycles. The molecule has 0 spiro atoms. The fourth-order valence-electron chi connectivity index (χ4n) is 4.52. The molecular formula is C31H35N5O4S. The number of aromatic nitrogens is 3. The lowest BCUT2D eigenvalue weighted by atomic mass is 9.92. The molecule has 4 rings (SSSR count). The lowest BCUT2D eigenvalue weighted by molar-refractivity contribution is -0.157. The molecule has 0 bridgehead atoms.